The van der Waals surface area contributed by atoms with Gasteiger partial charge in [-0.3, -0.25) is 10.1 Å². The minimum atomic E-state index is -2.85. The lowest BCUT2D eigenvalue weighted by Gasteiger charge is -2.10. The van der Waals surface area contributed by atoms with Crippen LogP contribution in [0, 0.1) is 15.9 Å². The van der Waals surface area contributed by atoms with Gasteiger partial charge in [-0.2, -0.15) is 4.39 Å². The second-order valence-corrected chi connectivity index (χ2v) is 2.83. The minimum Gasteiger partial charge on any atom is -0.319 e. The molecular formula is C8H8ClF3N2O2. The summed E-state index contributed by atoms with van der Waals surface area (Å²) in [7, 11) is 0. The molecule has 0 spiro atoms. The first-order valence-corrected chi connectivity index (χ1v) is 3.91. The molecule has 1 atom stereocenters. The van der Waals surface area contributed by atoms with Crippen molar-refractivity contribution in [2.24, 2.45) is 5.73 Å². The van der Waals surface area contributed by atoms with E-state index in [1.54, 1.807) is 0 Å². The van der Waals surface area contributed by atoms with Crippen molar-refractivity contribution in [1.29, 1.82) is 0 Å². The Kier molecular flexibility index (Phi) is 5.19. The maximum Gasteiger partial charge on any atom is 0.305 e. The molecule has 2 N–H and O–H groups in total. The summed E-state index contributed by atoms with van der Waals surface area (Å²) in [6, 6.07) is 0.811. The van der Waals surface area contributed by atoms with Gasteiger partial charge in [0.15, 0.2) is 0 Å². The lowest BCUT2D eigenvalue weighted by molar-refractivity contribution is -0.387. The van der Waals surface area contributed by atoms with Crippen LogP contribution in [0.5, 0.6) is 0 Å². The van der Waals surface area contributed by atoms with Crippen molar-refractivity contribution >= 4 is 18.1 Å². The largest absolute Gasteiger partial charge is 0.319 e. The van der Waals surface area contributed by atoms with Gasteiger partial charge in [0.2, 0.25) is 5.82 Å². The predicted octanol–water partition coefficient (Wildman–Crippen LogP) is 2.42. The van der Waals surface area contributed by atoms with E-state index >= 15 is 0 Å². The van der Waals surface area contributed by atoms with Crippen LogP contribution >= 0.6 is 12.4 Å². The number of nitrogens with zero attached hydrogens (tertiary/aromatic N) is 1. The number of rotatable bonds is 3. The van der Waals surface area contributed by atoms with E-state index in [0.717, 1.165) is 12.1 Å². The minimum absolute atomic E-state index is 0. The Labute approximate surface area is 94.8 Å². The number of alkyl halides is 2. The van der Waals surface area contributed by atoms with Crippen LogP contribution in [-0.2, 0) is 0 Å². The van der Waals surface area contributed by atoms with Crippen LogP contribution in [0.4, 0.5) is 18.9 Å². The van der Waals surface area contributed by atoms with E-state index in [-0.39, 0.29) is 18.0 Å². The summed E-state index contributed by atoms with van der Waals surface area (Å²) < 4.78 is 37.1. The van der Waals surface area contributed by atoms with Gasteiger partial charge in [-0.15, -0.1) is 12.4 Å². The Morgan fingerprint density at radius 2 is 1.94 bits per heavy atom. The van der Waals surface area contributed by atoms with Crippen molar-refractivity contribution in [3.8, 4) is 0 Å². The summed E-state index contributed by atoms with van der Waals surface area (Å²) in [5.41, 5.74) is 4.04. The molecule has 1 aromatic carbocycles. The van der Waals surface area contributed by atoms with E-state index < -0.39 is 28.9 Å². The molecule has 0 bridgehead atoms. The Morgan fingerprint density at radius 3 is 2.38 bits per heavy atom. The molecule has 0 radical (unpaired) electrons. The smallest absolute Gasteiger partial charge is 0.305 e. The standard InChI is InChI=1S/C8H7F3N2O2.ClH/c9-5-2-1-4(7(12)8(10)11)3-6(5)13(14)15;/h1-3,7-8H,12H2;1H/t7-;/m0./s1. The Morgan fingerprint density at radius 1 is 1.38 bits per heavy atom. The summed E-state index contributed by atoms with van der Waals surface area (Å²) in [5, 5.41) is 10.3. The first-order chi connectivity index (χ1) is 6.93. The van der Waals surface area contributed by atoms with Gasteiger partial charge >= 0.3 is 5.69 Å². The van der Waals surface area contributed by atoms with Crippen LogP contribution < -0.4 is 5.73 Å². The van der Waals surface area contributed by atoms with Crippen LogP contribution in [0.1, 0.15) is 11.6 Å². The molecule has 8 heteroatoms. The van der Waals surface area contributed by atoms with Crippen LogP contribution in [0.3, 0.4) is 0 Å². The third kappa shape index (κ3) is 3.07. The maximum atomic E-state index is 12.8. The molecule has 0 fully saturated rings. The number of benzene rings is 1. The highest BCUT2D eigenvalue weighted by atomic mass is 35.5. The SMILES string of the molecule is Cl.N[C@@H](c1ccc(F)c([N+](=O)[O-])c1)C(F)F. The molecular weight excluding hydrogens is 249 g/mol. The maximum absolute atomic E-state index is 12.8. The number of hydrogen-bond donors (Lipinski definition) is 1. The molecule has 0 amide bonds. The summed E-state index contributed by atoms with van der Waals surface area (Å²) in [6.45, 7) is 0. The number of hydrogen-bond acceptors (Lipinski definition) is 3. The fourth-order valence-corrected chi connectivity index (χ4v) is 1.02. The van der Waals surface area contributed by atoms with Gasteiger partial charge in [-0.1, -0.05) is 6.07 Å². The van der Waals surface area contributed by atoms with Crippen molar-refractivity contribution in [2.45, 2.75) is 12.5 Å². The van der Waals surface area contributed by atoms with E-state index in [2.05, 4.69) is 0 Å². The molecule has 0 aliphatic carbocycles. The molecule has 1 rings (SSSR count). The molecule has 16 heavy (non-hydrogen) atoms. The first-order valence-electron chi connectivity index (χ1n) is 3.91. The van der Waals surface area contributed by atoms with E-state index in [1.165, 1.54) is 0 Å². The van der Waals surface area contributed by atoms with Crippen LogP contribution in [0.15, 0.2) is 18.2 Å². The topological polar surface area (TPSA) is 69.2 Å². The molecule has 90 valence electrons. The van der Waals surface area contributed by atoms with Crippen molar-refractivity contribution in [3.63, 3.8) is 0 Å². The van der Waals surface area contributed by atoms with Crippen molar-refractivity contribution in [1.82, 2.24) is 0 Å². The highest BCUT2D eigenvalue weighted by Gasteiger charge is 2.22. The molecule has 4 nitrogen and oxygen atoms in total. The normalized spacial score (nSPS) is 12.1. The van der Waals surface area contributed by atoms with Gasteiger partial charge in [0, 0.05) is 6.07 Å². The highest BCUT2D eigenvalue weighted by Crippen LogP contribution is 2.24. The monoisotopic (exact) mass is 256 g/mol. The Bertz CT molecular complexity index is 390. The van der Waals surface area contributed by atoms with Crippen LogP contribution in [-0.4, -0.2) is 11.3 Å². The lowest BCUT2D eigenvalue weighted by Crippen LogP contribution is -2.19. The fourth-order valence-electron chi connectivity index (χ4n) is 1.02. The molecule has 0 aliphatic heterocycles. The first kappa shape index (κ1) is 14.7. The van der Waals surface area contributed by atoms with Gasteiger partial charge in [0.05, 0.1) is 11.0 Å². The molecule has 0 heterocycles. The van der Waals surface area contributed by atoms with Gasteiger partial charge in [-0.25, -0.2) is 8.78 Å². The third-order valence-electron chi connectivity index (χ3n) is 1.82. The summed E-state index contributed by atoms with van der Waals surface area (Å²) >= 11 is 0. The number of nitro groups is 1. The molecule has 0 aliphatic rings. The number of nitro benzene ring substituents is 1. The van der Waals surface area contributed by atoms with Crippen molar-refractivity contribution in [2.75, 3.05) is 0 Å². The van der Waals surface area contributed by atoms with Crippen molar-refractivity contribution < 1.29 is 18.1 Å². The molecule has 0 unspecified atom stereocenters. The molecule has 0 saturated carbocycles. The second-order valence-electron chi connectivity index (χ2n) is 2.83. The van der Waals surface area contributed by atoms with Gasteiger partial charge in [0.25, 0.3) is 6.43 Å². The fraction of sp³-hybridized carbons (Fsp3) is 0.250. The second kappa shape index (κ2) is 5.66. The number of halogens is 4. The zero-order valence-corrected chi connectivity index (χ0v) is 8.59. The predicted molar refractivity (Wildman–Crippen MR) is 53.2 cm³/mol. The van der Waals surface area contributed by atoms with Crippen molar-refractivity contribution in [3.05, 3.63) is 39.7 Å². The van der Waals surface area contributed by atoms with Gasteiger partial charge in [-0.05, 0) is 11.6 Å². The molecule has 0 saturated heterocycles. The highest BCUT2D eigenvalue weighted by molar-refractivity contribution is 5.85. The zero-order chi connectivity index (χ0) is 11.6. The summed E-state index contributed by atoms with van der Waals surface area (Å²) in [4.78, 5) is 9.31. The van der Waals surface area contributed by atoms with Gasteiger partial charge in [0.1, 0.15) is 0 Å². The summed E-state index contributed by atoms with van der Waals surface area (Å²) in [5.74, 6) is -1.08. The number of nitrogens with two attached hydrogens (primary N) is 1. The zero-order valence-electron chi connectivity index (χ0n) is 7.77. The lowest BCUT2D eigenvalue weighted by atomic mass is 10.1. The van der Waals surface area contributed by atoms with E-state index in [4.69, 9.17) is 5.73 Å². The van der Waals surface area contributed by atoms with Gasteiger partial charge < -0.3 is 5.73 Å². The molecule has 1 aromatic rings. The van der Waals surface area contributed by atoms with Crippen LogP contribution in [0.2, 0.25) is 0 Å². The van der Waals surface area contributed by atoms with Crippen LogP contribution in [0.25, 0.3) is 0 Å². The van der Waals surface area contributed by atoms with E-state index in [0.29, 0.717) is 6.07 Å². The molecule has 0 aromatic heterocycles. The quantitative estimate of drug-likeness (QED) is 0.667. The summed E-state index contributed by atoms with van der Waals surface area (Å²) in [6.07, 6.45) is -2.85. The average Bonchev–Trinajstić information content (AvgIpc) is 2.16. The Hall–Kier alpha value is -1.34. The van der Waals surface area contributed by atoms with E-state index in [1.807, 2.05) is 0 Å². The Balaban J connectivity index is 0.00000225. The average molecular weight is 257 g/mol. The van der Waals surface area contributed by atoms with E-state index in [9.17, 15) is 23.3 Å². The third-order valence-corrected chi connectivity index (χ3v) is 1.82.